The molecule has 1 aromatic carbocycles. The van der Waals surface area contributed by atoms with E-state index < -0.39 is 17.9 Å². The summed E-state index contributed by atoms with van der Waals surface area (Å²) in [5, 5.41) is 0.884. The van der Waals surface area contributed by atoms with Crippen LogP contribution in [0.3, 0.4) is 0 Å². The number of hydrogen-bond donors (Lipinski definition) is 0. The Balaban J connectivity index is 2.55. The Morgan fingerprint density at radius 3 is 2.55 bits per heavy atom. The fraction of sp³-hybridized carbons (Fsp3) is 0.267. The number of carbonyl (C=O) groups excluding carboxylic acids is 2. The van der Waals surface area contributed by atoms with Crippen molar-refractivity contribution in [2.75, 3.05) is 6.61 Å². The first kappa shape index (κ1) is 15.9. The number of amides is 1. The van der Waals surface area contributed by atoms with E-state index >= 15 is 0 Å². The zero-order chi connectivity index (χ0) is 15.0. The molecule has 0 aromatic heterocycles. The van der Waals surface area contributed by atoms with Crippen LogP contribution in [0.15, 0.2) is 43.0 Å². The average Bonchev–Trinajstić information content (AvgIpc) is 2.45. The van der Waals surface area contributed by atoms with Crippen LogP contribution in [0.5, 0.6) is 0 Å². The van der Waals surface area contributed by atoms with Gasteiger partial charge in [0.05, 0.1) is 6.61 Å². The maximum Gasteiger partial charge on any atom is 0.331 e. The minimum atomic E-state index is -0.872. The van der Waals surface area contributed by atoms with Gasteiger partial charge in [0.15, 0.2) is 6.04 Å². The smallest absolute Gasteiger partial charge is 0.331 e. The predicted molar refractivity (Wildman–Crippen MR) is 74.1 cm³/mol. The normalized spacial score (nSPS) is 11.5. The van der Waals surface area contributed by atoms with E-state index in [1.807, 2.05) is 30.3 Å². The van der Waals surface area contributed by atoms with Gasteiger partial charge in [-0.05, 0) is 12.5 Å². The monoisotopic (exact) mass is 276 g/mol. The van der Waals surface area contributed by atoms with Crippen molar-refractivity contribution in [2.45, 2.75) is 19.6 Å². The first-order chi connectivity index (χ1) is 9.56. The van der Waals surface area contributed by atoms with Gasteiger partial charge in [0.2, 0.25) is 5.91 Å². The number of ether oxygens (including phenoxy) is 1. The summed E-state index contributed by atoms with van der Waals surface area (Å²) in [6, 6.07) is 8.40. The van der Waals surface area contributed by atoms with Gasteiger partial charge in [-0.2, -0.15) is 0 Å². The topological polar surface area (TPSA) is 55.8 Å². The van der Waals surface area contributed by atoms with E-state index in [1.165, 1.54) is 13.0 Å². The second-order valence-electron chi connectivity index (χ2n) is 4.07. The van der Waals surface area contributed by atoms with Crippen LogP contribution >= 0.6 is 0 Å². The molecule has 0 saturated carbocycles. The van der Waals surface area contributed by atoms with E-state index in [0.717, 1.165) is 10.6 Å². The molecule has 0 fully saturated rings. The Morgan fingerprint density at radius 1 is 1.35 bits per heavy atom. The van der Waals surface area contributed by atoms with Gasteiger partial charge in [-0.3, -0.25) is 9.63 Å². The molecule has 20 heavy (non-hydrogen) atoms. The van der Waals surface area contributed by atoms with E-state index in [0.29, 0.717) is 0 Å². The Bertz CT molecular complexity index is 458. The van der Waals surface area contributed by atoms with Gasteiger partial charge >= 0.3 is 5.97 Å². The molecule has 0 heterocycles. The van der Waals surface area contributed by atoms with Gasteiger partial charge in [-0.25, -0.2) is 9.86 Å². The summed E-state index contributed by atoms with van der Waals surface area (Å²) < 4.78 is 5.13. The number of rotatable bonds is 7. The molecule has 0 bridgehead atoms. The van der Waals surface area contributed by atoms with E-state index in [-0.39, 0.29) is 13.2 Å². The van der Waals surface area contributed by atoms with Gasteiger partial charge in [0.1, 0.15) is 6.61 Å². The molecular weight excluding hydrogens is 258 g/mol. The van der Waals surface area contributed by atoms with Gasteiger partial charge in [-0.1, -0.05) is 36.4 Å². The second kappa shape index (κ2) is 8.12. The van der Waals surface area contributed by atoms with Crippen LogP contribution in [0, 0.1) is 6.92 Å². The van der Waals surface area contributed by atoms with Crippen molar-refractivity contribution >= 4 is 11.9 Å². The van der Waals surface area contributed by atoms with Crippen LogP contribution in [-0.2, 0) is 25.8 Å². The largest absolute Gasteiger partial charge is 0.459 e. The third kappa shape index (κ3) is 4.85. The Labute approximate surface area is 118 Å². The molecule has 0 saturated heterocycles. The van der Waals surface area contributed by atoms with E-state index in [9.17, 15) is 9.59 Å². The number of benzene rings is 1. The Hall–Kier alpha value is -2.14. The first-order valence-electron chi connectivity index (χ1n) is 6.15. The van der Waals surface area contributed by atoms with Crippen molar-refractivity contribution in [2.24, 2.45) is 0 Å². The van der Waals surface area contributed by atoms with Crippen molar-refractivity contribution < 1.29 is 19.2 Å². The molecule has 5 nitrogen and oxygen atoms in total. The fourth-order valence-electron chi connectivity index (χ4n) is 1.48. The van der Waals surface area contributed by atoms with Crippen LogP contribution in [0.2, 0.25) is 0 Å². The lowest BCUT2D eigenvalue weighted by Gasteiger charge is -2.24. The highest BCUT2D eigenvalue weighted by Gasteiger charge is 2.26. The molecule has 5 heteroatoms. The summed E-state index contributed by atoms with van der Waals surface area (Å²) in [5.41, 5.74) is 0.868. The maximum atomic E-state index is 11.9. The molecule has 1 amide bonds. The molecule has 0 N–H and O–H groups in total. The standard InChI is InChI=1S/C15H18NO4/c1-4-10-20-16(13(3)17)12(2)15(18)19-11-14-8-6-5-7-9-14/h4-9,12H,1,3,10-11H2,2H3/t12-/m1/s1. The van der Waals surface area contributed by atoms with Crippen molar-refractivity contribution in [1.82, 2.24) is 5.06 Å². The van der Waals surface area contributed by atoms with Gasteiger partial charge in [0.25, 0.3) is 0 Å². The van der Waals surface area contributed by atoms with Crippen molar-refractivity contribution in [3.8, 4) is 0 Å². The second-order valence-corrected chi connectivity index (χ2v) is 4.07. The molecular formula is C15H18NO4. The molecule has 0 aliphatic heterocycles. The Kier molecular flexibility index (Phi) is 6.46. The van der Waals surface area contributed by atoms with Crippen molar-refractivity contribution in [3.05, 3.63) is 55.5 Å². The highest BCUT2D eigenvalue weighted by molar-refractivity contribution is 5.85. The zero-order valence-corrected chi connectivity index (χ0v) is 11.5. The first-order valence-corrected chi connectivity index (χ1v) is 6.15. The highest BCUT2D eigenvalue weighted by atomic mass is 16.7. The SMILES string of the molecule is [CH2]C(=O)N(OCC=C)[C@H](C)C(=O)OCc1ccccc1. The minimum absolute atomic E-state index is 0.109. The molecule has 1 atom stereocenters. The number of nitrogens with zero attached hydrogens (tertiary/aromatic N) is 1. The van der Waals surface area contributed by atoms with Crippen molar-refractivity contribution in [1.29, 1.82) is 0 Å². The lowest BCUT2D eigenvalue weighted by molar-refractivity contribution is -0.199. The van der Waals surface area contributed by atoms with Crippen LogP contribution < -0.4 is 0 Å². The third-order valence-corrected chi connectivity index (χ3v) is 2.49. The van der Waals surface area contributed by atoms with Crippen molar-refractivity contribution in [3.63, 3.8) is 0 Å². The summed E-state index contributed by atoms with van der Waals surface area (Å²) in [5.74, 6) is -1.18. The summed E-state index contributed by atoms with van der Waals surface area (Å²) in [4.78, 5) is 28.3. The van der Waals surface area contributed by atoms with Crippen LogP contribution in [0.4, 0.5) is 0 Å². The van der Waals surface area contributed by atoms with E-state index in [1.54, 1.807) is 0 Å². The lowest BCUT2D eigenvalue weighted by atomic mass is 10.2. The summed E-state index contributed by atoms with van der Waals surface area (Å²) in [6.45, 7) is 8.47. The number of hydroxylamine groups is 2. The third-order valence-electron chi connectivity index (χ3n) is 2.49. The maximum absolute atomic E-state index is 11.9. The summed E-state index contributed by atoms with van der Waals surface area (Å²) in [6.07, 6.45) is 1.47. The average molecular weight is 276 g/mol. The Morgan fingerprint density at radius 2 is 2.00 bits per heavy atom. The van der Waals surface area contributed by atoms with Crippen LogP contribution in [0.25, 0.3) is 0 Å². The highest BCUT2D eigenvalue weighted by Crippen LogP contribution is 2.07. The minimum Gasteiger partial charge on any atom is -0.459 e. The molecule has 0 unspecified atom stereocenters. The number of carbonyl (C=O) groups is 2. The quantitative estimate of drug-likeness (QED) is 0.433. The van der Waals surface area contributed by atoms with E-state index in [4.69, 9.17) is 9.57 Å². The van der Waals surface area contributed by atoms with Gasteiger partial charge in [-0.15, -0.1) is 6.58 Å². The van der Waals surface area contributed by atoms with Crippen LogP contribution in [-0.4, -0.2) is 29.6 Å². The summed E-state index contributed by atoms with van der Waals surface area (Å²) >= 11 is 0. The number of esters is 1. The molecule has 107 valence electrons. The molecule has 1 aromatic rings. The predicted octanol–water partition coefficient (Wildman–Crippen LogP) is 1.90. The molecule has 1 radical (unpaired) electrons. The molecule has 0 aliphatic rings. The van der Waals surface area contributed by atoms with Crippen LogP contribution in [0.1, 0.15) is 12.5 Å². The lowest BCUT2D eigenvalue weighted by Crippen LogP contribution is -2.43. The van der Waals surface area contributed by atoms with E-state index in [2.05, 4.69) is 13.5 Å². The molecule has 0 aliphatic carbocycles. The molecule has 0 spiro atoms. The van der Waals surface area contributed by atoms with Gasteiger partial charge in [0, 0.05) is 6.92 Å². The van der Waals surface area contributed by atoms with Gasteiger partial charge < -0.3 is 4.74 Å². The molecule has 1 rings (SSSR count). The fourth-order valence-corrected chi connectivity index (χ4v) is 1.48. The zero-order valence-electron chi connectivity index (χ0n) is 11.5. The number of hydrogen-bond acceptors (Lipinski definition) is 4. The summed E-state index contributed by atoms with van der Waals surface area (Å²) in [7, 11) is 0.